The van der Waals surface area contributed by atoms with E-state index < -0.39 is 0 Å². The van der Waals surface area contributed by atoms with E-state index in [0.29, 0.717) is 0 Å². The molecule has 2 atom stereocenters. The Bertz CT molecular complexity index is 125. The molecule has 1 aliphatic carbocycles. The standard InChI is InChI=1S/C7H12N2/c8-5-6-3-1-2-4-7(6)9/h6-7H,1-4,9H2/t6-,7-/m1/s1. The maximum Gasteiger partial charge on any atom is 0.0672 e. The fraction of sp³-hybridized carbons (Fsp3) is 0.857. The highest BCUT2D eigenvalue weighted by Gasteiger charge is 2.20. The van der Waals surface area contributed by atoms with E-state index in [-0.39, 0.29) is 12.0 Å². The minimum absolute atomic E-state index is 0.138. The third kappa shape index (κ3) is 1.43. The van der Waals surface area contributed by atoms with Crippen LogP contribution in [0.3, 0.4) is 0 Å². The summed E-state index contributed by atoms with van der Waals surface area (Å²) >= 11 is 0. The summed E-state index contributed by atoms with van der Waals surface area (Å²) in [5, 5.41) is 8.53. The second-order valence-electron chi connectivity index (χ2n) is 2.68. The lowest BCUT2D eigenvalue weighted by molar-refractivity contribution is 0.369. The lowest BCUT2D eigenvalue weighted by Crippen LogP contribution is -2.31. The molecule has 0 amide bonds. The van der Waals surface area contributed by atoms with Crippen molar-refractivity contribution < 1.29 is 0 Å². The molecule has 0 heterocycles. The topological polar surface area (TPSA) is 49.8 Å². The van der Waals surface area contributed by atoms with Crippen LogP contribution < -0.4 is 5.73 Å². The molecule has 1 aliphatic rings. The van der Waals surface area contributed by atoms with Gasteiger partial charge in [0.2, 0.25) is 0 Å². The summed E-state index contributed by atoms with van der Waals surface area (Å²) in [6.45, 7) is 0. The lowest BCUT2D eigenvalue weighted by atomic mass is 9.86. The quantitative estimate of drug-likeness (QED) is 0.524. The monoisotopic (exact) mass is 124 g/mol. The summed E-state index contributed by atoms with van der Waals surface area (Å²) in [6, 6.07) is 2.38. The molecule has 0 radical (unpaired) electrons. The van der Waals surface area contributed by atoms with Gasteiger partial charge in [0.15, 0.2) is 0 Å². The maximum atomic E-state index is 8.53. The Morgan fingerprint density at radius 2 is 2.00 bits per heavy atom. The van der Waals surface area contributed by atoms with Gasteiger partial charge in [-0.2, -0.15) is 5.26 Å². The fourth-order valence-corrected chi connectivity index (χ4v) is 1.32. The molecule has 0 bridgehead atoms. The van der Waals surface area contributed by atoms with Gasteiger partial charge in [-0.15, -0.1) is 0 Å². The molecular weight excluding hydrogens is 112 g/mol. The van der Waals surface area contributed by atoms with Gasteiger partial charge in [-0.05, 0) is 12.8 Å². The predicted octanol–water partition coefficient (Wildman–Crippen LogP) is 1.03. The number of rotatable bonds is 0. The van der Waals surface area contributed by atoms with Gasteiger partial charge in [-0.3, -0.25) is 0 Å². The number of hydrogen-bond donors (Lipinski definition) is 1. The first-order valence-electron chi connectivity index (χ1n) is 3.50. The van der Waals surface area contributed by atoms with Crippen LogP contribution in [0.15, 0.2) is 0 Å². The van der Waals surface area contributed by atoms with E-state index in [0.717, 1.165) is 12.8 Å². The molecule has 1 fully saturated rings. The average Bonchev–Trinajstić information content (AvgIpc) is 1.89. The van der Waals surface area contributed by atoms with E-state index in [1.54, 1.807) is 0 Å². The van der Waals surface area contributed by atoms with E-state index in [2.05, 4.69) is 6.07 Å². The zero-order chi connectivity index (χ0) is 6.69. The summed E-state index contributed by atoms with van der Waals surface area (Å²) < 4.78 is 0. The van der Waals surface area contributed by atoms with Gasteiger partial charge >= 0.3 is 0 Å². The van der Waals surface area contributed by atoms with Crippen LogP contribution in [-0.4, -0.2) is 6.04 Å². The largest absolute Gasteiger partial charge is 0.327 e. The van der Waals surface area contributed by atoms with Crippen molar-refractivity contribution >= 4 is 0 Å². The molecule has 2 nitrogen and oxygen atoms in total. The van der Waals surface area contributed by atoms with E-state index in [4.69, 9.17) is 11.0 Å². The second kappa shape index (κ2) is 2.84. The molecule has 9 heavy (non-hydrogen) atoms. The van der Waals surface area contributed by atoms with Gasteiger partial charge in [0.25, 0.3) is 0 Å². The number of nitrogens with zero attached hydrogens (tertiary/aromatic N) is 1. The molecule has 0 saturated heterocycles. The summed E-state index contributed by atoms with van der Waals surface area (Å²) in [5.74, 6) is 0.138. The Hall–Kier alpha value is -0.550. The zero-order valence-corrected chi connectivity index (χ0v) is 5.51. The highest BCUT2D eigenvalue weighted by atomic mass is 14.7. The Balaban J connectivity index is 2.41. The number of nitrogens with two attached hydrogens (primary N) is 1. The van der Waals surface area contributed by atoms with Gasteiger partial charge in [0.05, 0.1) is 12.0 Å². The molecule has 0 aromatic heterocycles. The van der Waals surface area contributed by atoms with Crippen molar-refractivity contribution in [1.29, 1.82) is 5.26 Å². The highest BCUT2D eigenvalue weighted by molar-refractivity contribution is 4.92. The zero-order valence-electron chi connectivity index (χ0n) is 5.51. The van der Waals surface area contributed by atoms with Crippen LogP contribution >= 0.6 is 0 Å². The molecule has 0 unspecified atom stereocenters. The molecule has 2 heteroatoms. The third-order valence-electron chi connectivity index (χ3n) is 1.99. The van der Waals surface area contributed by atoms with Crippen LogP contribution in [0, 0.1) is 17.2 Å². The van der Waals surface area contributed by atoms with Crippen molar-refractivity contribution in [2.24, 2.45) is 11.7 Å². The third-order valence-corrected chi connectivity index (χ3v) is 1.99. The lowest BCUT2D eigenvalue weighted by Gasteiger charge is -2.22. The van der Waals surface area contributed by atoms with Crippen LogP contribution in [0.2, 0.25) is 0 Å². The van der Waals surface area contributed by atoms with Crippen LogP contribution in [0.5, 0.6) is 0 Å². The van der Waals surface area contributed by atoms with Crippen molar-refractivity contribution in [3.05, 3.63) is 0 Å². The van der Waals surface area contributed by atoms with Crippen LogP contribution in [0.25, 0.3) is 0 Å². The van der Waals surface area contributed by atoms with Crippen molar-refractivity contribution in [3.63, 3.8) is 0 Å². The Morgan fingerprint density at radius 1 is 1.33 bits per heavy atom. The fourth-order valence-electron chi connectivity index (χ4n) is 1.32. The molecule has 50 valence electrons. The summed E-state index contributed by atoms with van der Waals surface area (Å²) in [5.41, 5.74) is 5.67. The first kappa shape index (κ1) is 6.57. The Labute approximate surface area is 55.7 Å². The molecule has 0 aromatic carbocycles. The smallest absolute Gasteiger partial charge is 0.0672 e. The average molecular weight is 124 g/mol. The van der Waals surface area contributed by atoms with Crippen LogP contribution in [-0.2, 0) is 0 Å². The first-order chi connectivity index (χ1) is 4.34. The van der Waals surface area contributed by atoms with Crippen molar-refractivity contribution in [3.8, 4) is 6.07 Å². The van der Waals surface area contributed by atoms with E-state index >= 15 is 0 Å². The van der Waals surface area contributed by atoms with Gasteiger partial charge < -0.3 is 5.73 Å². The number of hydrogen-bond acceptors (Lipinski definition) is 2. The normalized spacial score (nSPS) is 35.6. The summed E-state index contributed by atoms with van der Waals surface area (Å²) in [6.07, 6.45) is 4.45. The van der Waals surface area contributed by atoms with Crippen molar-refractivity contribution in [2.45, 2.75) is 31.7 Å². The van der Waals surface area contributed by atoms with Gasteiger partial charge in [-0.25, -0.2) is 0 Å². The molecule has 1 saturated carbocycles. The minimum Gasteiger partial charge on any atom is -0.327 e. The highest BCUT2D eigenvalue weighted by Crippen LogP contribution is 2.21. The molecule has 0 aliphatic heterocycles. The minimum atomic E-state index is 0.138. The maximum absolute atomic E-state index is 8.53. The summed E-state index contributed by atoms with van der Waals surface area (Å²) in [7, 11) is 0. The molecular formula is C7H12N2. The van der Waals surface area contributed by atoms with Gasteiger partial charge in [-0.1, -0.05) is 12.8 Å². The number of nitriles is 1. The van der Waals surface area contributed by atoms with Gasteiger partial charge in [0, 0.05) is 6.04 Å². The van der Waals surface area contributed by atoms with E-state index in [9.17, 15) is 0 Å². The first-order valence-corrected chi connectivity index (χ1v) is 3.50. The molecule has 0 spiro atoms. The van der Waals surface area contributed by atoms with E-state index in [1.165, 1.54) is 12.8 Å². The predicted molar refractivity (Wildman–Crippen MR) is 35.5 cm³/mol. The molecule has 2 N–H and O–H groups in total. The van der Waals surface area contributed by atoms with E-state index in [1.807, 2.05) is 0 Å². The van der Waals surface area contributed by atoms with Crippen molar-refractivity contribution in [1.82, 2.24) is 0 Å². The molecule has 1 rings (SSSR count). The molecule has 0 aromatic rings. The second-order valence-corrected chi connectivity index (χ2v) is 2.68. The Kier molecular flexibility index (Phi) is 2.07. The van der Waals surface area contributed by atoms with Crippen molar-refractivity contribution in [2.75, 3.05) is 0 Å². The SMILES string of the molecule is N#C[C@H]1CCCC[C@H]1N. The Morgan fingerprint density at radius 3 is 2.44 bits per heavy atom. The van der Waals surface area contributed by atoms with Crippen LogP contribution in [0.1, 0.15) is 25.7 Å². The van der Waals surface area contributed by atoms with Crippen LogP contribution in [0.4, 0.5) is 0 Å². The summed E-state index contributed by atoms with van der Waals surface area (Å²) in [4.78, 5) is 0. The van der Waals surface area contributed by atoms with Gasteiger partial charge in [0.1, 0.15) is 0 Å².